The first-order valence-electron chi connectivity index (χ1n) is 9.60. The zero-order chi connectivity index (χ0) is 18.7. The molecule has 4 nitrogen and oxygen atoms in total. The molecule has 0 aliphatic carbocycles. The summed E-state index contributed by atoms with van der Waals surface area (Å²) in [6.45, 7) is 10.5. The van der Waals surface area contributed by atoms with Crippen LogP contribution in [0.1, 0.15) is 32.3 Å². The second kappa shape index (κ2) is 8.44. The molecular formula is C20H29F2N3O. The van der Waals surface area contributed by atoms with E-state index in [1.807, 2.05) is 4.90 Å². The van der Waals surface area contributed by atoms with Crippen molar-refractivity contribution in [2.75, 3.05) is 39.3 Å². The molecule has 1 aromatic carbocycles. The van der Waals surface area contributed by atoms with Gasteiger partial charge in [0.2, 0.25) is 5.91 Å². The first-order chi connectivity index (χ1) is 12.4. The number of likely N-dealkylation sites (tertiary alicyclic amines) is 1. The number of benzene rings is 1. The molecule has 0 saturated carbocycles. The first-order valence-corrected chi connectivity index (χ1v) is 9.60. The van der Waals surface area contributed by atoms with Crippen LogP contribution in [0.4, 0.5) is 8.78 Å². The standard InChI is InChI=1S/C20H29F2N3O/c1-15(2)25-14-17(4-6-20(25)26)13-24-9-7-23(8-10-24)12-16-3-5-18(21)19(22)11-16/h3,5,11,15,17H,4,6-10,12-14H2,1-2H3. The Labute approximate surface area is 154 Å². The van der Waals surface area contributed by atoms with Crippen LogP contribution in [-0.4, -0.2) is 65.9 Å². The molecule has 2 heterocycles. The highest BCUT2D eigenvalue weighted by Gasteiger charge is 2.29. The highest BCUT2D eigenvalue weighted by molar-refractivity contribution is 5.77. The summed E-state index contributed by atoms with van der Waals surface area (Å²) in [5.41, 5.74) is 0.815. The van der Waals surface area contributed by atoms with E-state index in [9.17, 15) is 13.6 Å². The molecule has 1 aromatic rings. The number of rotatable bonds is 5. The Kier molecular flexibility index (Phi) is 6.24. The van der Waals surface area contributed by atoms with Gasteiger partial charge in [-0.2, -0.15) is 0 Å². The lowest BCUT2D eigenvalue weighted by Crippen LogP contribution is -2.51. The highest BCUT2D eigenvalue weighted by Crippen LogP contribution is 2.21. The molecule has 0 N–H and O–H groups in total. The fourth-order valence-corrected chi connectivity index (χ4v) is 3.98. The van der Waals surface area contributed by atoms with E-state index in [0.717, 1.165) is 51.3 Å². The molecule has 2 aliphatic rings. The van der Waals surface area contributed by atoms with Crippen molar-refractivity contribution in [3.8, 4) is 0 Å². The summed E-state index contributed by atoms with van der Waals surface area (Å²) < 4.78 is 26.4. The van der Waals surface area contributed by atoms with Gasteiger partial charge < -0.3 is 9.80 Å². The molecule has 26 heavy (non-hydrogen) atoms. The van der Waals surface area contributed by atoms with Crippen LogP contribution in [0.5, 0.6) is 0 Å². The summed E-state index contributed by atoms with van der Waals surface area (Å²) in [6, 6.07) is 4.43. The Bertz CT molecular complexity index is 629. The zero-order valence-electron chi connectivity index (χ0n) is 15.8. The minimum atomic E-state index is -0.792. The first kappa shape index (κ1) is 19.2. The number of carbonyl (C=O) groups excluding carboxylic acids is 1. The van der Waals surface area contributed by atoms with Crippen LogP contribution in [0.2, 0.25) is 0 Å². The van der Waals surface area contributed by atoms with E-state index in [1.54, 1.807) is 6.07 Å². The molecule has 1 unspecified atom stereocenters. The van der Waals surface area contributed by atoms with Gasteiger partial charge in [0.05, 0.1) is 0 Å². The number of nitrogens with zero attached hydrogens (tertiary/aromatic N) is 3. The topological polar surface area (TPSA) is 26.8 Å². The molecule has 6 heteroatoms. The lowest BCUT2D eigenvalue weighted by Gasteiger charge is -2.40. The van der Waals surface area contributed by atoms with E-state index in [1.165, 1.54) is 12.1 Å². The third-order valence-electron chi connectivity index (χ3n) is 5.54. The summed E-state index contributed by atoms with van der Waals surface area (Å²) in [5.74, 6) is -0.733. The van der Waals surface area contributed by atoms with Crippen LogP contribution in [0.15, 0.2) is 18.2 Å². The predicted octanol–water partition coefficient (Wildman–Crippen LogP) is 2.73. The fourth-order valence-electron chi connectivity index (χ4n) is 3.98. The third-order valence-corrected chi connectivity index (χ3v) is 5.54. The zero-order valence-corrected chi connectivity index (χ0v) is 15.8. The van der Waals surface area contributed by atoms with Gasteiger partial charge in [-0.25, -0.2) is 8.78 Å². The van der Waals surface area contributed by atoms with Gasteiger partial charge in [0.1, 0.15) is 0 Å². The Morgan fingerprint density at radius 2 is 1.77 bits per heavy atom. The van der Waals surface area contributed by atoms with Crippen LogP contribution in [0.3, 0.4) is 0 Å². The number of hydrogen-bond acceptors (Lipinski definition) is 3. The largest absolute Gasteiger partial charge is 0.340 e. The van der Waals surface area contributed by atoms with Crippen molar-refractivity contribution < 1.29 is 13.6 Å². The quantitative estimate of drug-likeness (QED) is 0.803. The molecule has 1 atom stereocenters. The van der Waals surface area contributed by atoms with Crippen molar-refractivity contribution in [3.05, 3.63) is 35.4 Å². The third kappa shape index (κ3) is 4.80. The van der Waals surface area contributed by atoms with E-state index in [2.05, 4.69) is 23.6 Å². The number of hydrogen-bond donors (Lipinski definition) is 0. The summed E-state index contributed by atoms with van der Waals surface area (Å²) in [6.07, 6.45) is 1.65. The summed E-state index contributed by atoms with van der Waals surface area (Å²) in [7, 11) is 0. The SMILES string of the molecule is CC(C)N1CC(CN2CCN(Cc3ccc(F)c(F)c3)CC2)CCC1=O. The Morgan fingerprint density at radius 1 is 1.08 bits per heavy atom. The van der Waals surface area contributed by atoms with Gasteiger partial charge in [-0.1, -0.05) is 6.07 Å². The molecule has 1 amide bonds. The maximum Gasteiger partial charge on any atom is 0.222 e. The van der Waals surface area contributed by atoms with Crippen LogP contribution in [0, 0.1) is 17.6 Å². The van der Waals surface area contributed by atoms with Crippen molar-refractivity contribution in [1.29, 1.82) is 0 Å². The van der Waals surface area contributed by atoms with Gasteiger partial charge in [-0.05, 0) is 43.9 Å². The lowest BCUT2D eigenvalue weighted by molar-refractivity contribution is -0.137. The second-order valence-electron chi connectivity index (χ2n) is 7.87. The average Bonchev–Trinajstić information content (AvgIpc) is 2.61. The average molecular weight is 365 g/mol. The van der Waals surface area contributed by atoms with Crippen molar-refractivity contribution in [2.24, 2.45) is 5.92 Å². The Hall–Kier alpha value is -1.53. The van der Waals surface area contributed by atoms with E-state index in [-0.39, 0.29) is 11.9 Å². The number of halogens is 2. The lowest BCUT2D eigenvalue weighted by atomic mass is 9.95. The molecule has 0 aromatic heterocycles. The highest BCUT2D eigenvalue weighted by atomic mass is 19.2. The van der Waals surface area contributed by atoms with Gasteiger partial charge >= 0.3 is 0 Å². The van der Waals surface area contributed by atoms with Crippen molar-refractivity contribution in [2.45, 2.75) is 39.3 Å². The van der Waals surface area contributed by atoms with Crippen molar-refractivity contribution in [1.82, 2.24) is 14.7 Å². The monoisotopic (exact) mass is 365 g/mol. The van der Waals surface area contributed by atoms with Crippen LogP contribution in [0.25, 0.3) is 0 Å². The number of piperidine rings is 1. The minimum absolute atomic E-state index is 0.276. The minimum Gasteiger partial charge on any atom is -0.340 e. The smallest absolute Gasteiger partial charge is 0.222 e. The Morgan fingerprint density at radius 3 is 2.42 bits per heavy atom. The van der Waals surface area contributed by atoms with E-state index in [4.69, 9.17) is 0 Å². The maximum atomic E-state index is 13.3. The van der Waals surface area contributed by atoms with Gasteiger partial charge in [0, 0.05) is 58.3 Å². The van der Waals surface area contributed by atoms with Crippen LogP contribution in [-0.2, 0) is 11.3 Å². The summed E-state index contributed by atoms with van der Waals surface area (Å²) >= 11 is 0. The molecule has 2 aliphatic heterocycles. The molecular weight excluding hydrogens is 336 g/mol. The van der Waals surface area contributed by atoms with Gasteiger partial charge in [-0.15, -0.1) is 0 Å². The summed E-state index contributed by atoms with van der Waals surface area (Å²) in [5, 5.41) is 0. The molecule has 3 rings (SSSR count). The summed E-state index contributed by atoms with van der Waals surface area (Å²) in [4.78, 5) is 18.8. The van der Waals surface area contributed by atoms with Crippen LogP contribution < -0.4 is 0 Å². The normalized spacial score (nSPS) is 23.0. The van der Waals surface area contributed by atoms with Gasteiger partial charge in [-0.3, -0.25) is 9.69 Å². The Balaban J connectivity index is 1.45. The van der Waals surface area contributed by atoms with Crippen LogP contribution >= 0.6 is 0 Å². The molecule has 2 saturated heterocycles. The molecule has 144 valence electrons. The van der Waals surface area contributed by atoms with Gasteiger partial charge in [0.25, 0.3) is 0 Å². The molecule has 2 fully saturated rings. The van der Waals surface area contributed by atoms with E-state index < -0.39 is 11.6 Å². The van der Waals surface area contributed by atoms with E-state index in [0.29, 0.717) is 18.9 Å². The number of piperazine rings is 1. The predicted molar refractivity (Wildman–Crippen MR) is 97.6 cm³/mol. The number of amides is 1. The van der Waals surface area contributed by atoms with Crippen molar-refractivity contribution in [3.63, 3.8) is 0 Å². The van der Waals surface area contributed by atoms with E-state index >= 15 is 0 Å². The molecule has 0 spiro atoms. The molecule has 0 bridgehead atoms. The molecule has 0 radical (unpaired) electrons. The number of carbonyl (C=O) groups is 1. The maximum absolute atomic E-state index is 13.3. The van der Waals surface area contributed by atoms with Crippen molar-refractivity contribution >= 4 is 5.91 Å². The fraction of sp³-hybridized carbons (Fsp3) is 0.650. The second-order valence-corrected chi connectivity index (χ2v) is 7.87. The van der Waals surface area contributed by atoms with Gasteiger partial charge in [0.15, 0.2) is 11.6 Å².